The summed E-state index contributed by atoms with van der Waals surface area (Å²) < 4.78 is 59.6. The number of methoxy groups -OCH3 is 1. The lowest BCUT2D eigenvalue weighted by atomic mass is 9.89. The van der Waals surface area contributed by atoms with Gasteiger partial charge in [0.1, 0.15) is 47.4 Å². The number of aryl methyl sites for hydroxylation is 1. The van der Waals surface area contributed by atoms with Crippen LogP contribution in [0.5, 0.6) is 0 Å². The van der Waals surface area contributed by atoms with Gasteiger partial charge < -0.3 is 29.3 Å². The van der Waals surface area contributed by atoms with Crippen molar-refractivity contribution in [3.05, 3.63) is 53.3 Å². The number of halogens is 3. The Morgan fingerprint density at radius 1 is 1.25 bits per heavy atom. The van der Waals surface area contributed by atoms with Gasteiger partial charge in [-0.25, -0.2) is 17.9 Å². The lowest BCUT2D eigenvalue weighted by molar-refractivity contribution is -0.186. The Morgan fingerprint density at radius 3 is 2.55 bits per heavy atom. The van der Waals surface area contributed by atoms with E-state index in [4.69, 9.17) is 14.0 Å². The highest BCUT2D eigenvalue weighted by Gasteiger charge is 2.51. The van der Waals surface area contributed by atoms with Crippen LogP contribution in [0.1, 0.15) is 35.4 Å². The Hall–Kier alpha value is -2.14. The SMILES string of the molecule is CO[C@@H]1[C@@H](n2cc(-c3cc(F)c(F)c(F)c3)nn2)[C@@H](O)[C@@H](CO)O[C@H]1SC(c1nocc1C)C1(O)CCSCC1. The van der Waals surface area contributed by atoms with Crippen molar-refractivity contribution >= 4 is 23.5 Å². The fourth-order valence-corrected chi connectivity index (χ4v) is 8.05. The summed E-state index contributed by atoms with van der Waals surface area (Å²) in [6.45, 7) is 1.30. The third-order valence-electron chi connectivity index (χ3n) is 7.34. The summed E-state index contributed by atoms with van der Waals surface area (Å²) in [5.74, 6) is -2.84. The molecule has 3 aromatic rings. The van der Waals surface area contributed by atoms with E-state index in [1.807, 2.05) is 6.92 Å². The largest absolute Gasteiger partial charge is 0.394 e. The first-order valence-electron chi connectivity index (χ1n) is 12.6. The molecule has 2 aliphatic heterocycles. The van der Waals surface area contributed by atoms with Gasteiger partial charge in [-0.2, -0.15) is 11.8 Å². The van der Waals surface area contributed by atoms with Crippen molar-refractivity contribution in [3.63, 3.8) is 0 Å². The van der Waals surface area contributed by atoms with Crippen LogP contribution in [0.25, 0.3) is 11.3 Å². The molecule has 0 bridgehead atoms. The number of aliphatic hydroxyl groups is 3. The fraction of sp³-hybridized carbons (Fsp3) is 0.560. The van der Waals surface area contributed by atoms with Crippen molar-refractivity contribution in [1.82, 2.24) is 20.2 Å². The quantitative estimate of drug-likeness (QED) is 0.328. The first-order chi connectivity index (χ1) is 19.2. The van der Waals surface area contributed by atoms with Crippen LogP contribution in [-0.2, 0) is 9.47 Å². The summed E-state index contributed by atoms with van der Waals surface area (Å²) in [7, 11) is 1.42. The molecule has 0 radical (unpaired) electrons. The molecule has 1 aromatic carbocycles. The number of aliphatic hydroxyl groups excluding tert-OH is 2. The van der Waals surface area contributed by atoms with Crippen molar-refractivity contribution in [2.75, 3.05) is 25.2 Å². The highest BCUT2D eigenvalue weighted by Crippen LogP contribution is 2.50. The second-order valence-electron chi connectivity index (χ2n) is 9.86. The fourth-order valence-electron chi connectivity index (χ4n) is 5.10. The average molecular weight is 603 g/mol. The minimum atomic E-state index is -1.60. The van der Waals surface area contributed by atoms with E-state index in [1.54, 1.807) is 11.8 Å². The Balaban J connectivity index is 1.49. The number of benzene rings is 1. The molecule has 0 saturated carbocycles. The van der Waals surface area contributed by atoms with Gasteiger partial charge in [0, 0.05) is 18.2 Å². The molecule has 15 heteroatoms. The topological polar surface area (TPSA) is 136 Å². The van der Waals surface area contributed by atoms with Gasteiger partial charge >= 0.3 is 0 Å². The van der Waals surface area contributed by atoms with Crippen LogP contribution < -0.4 is 0 Å². The van der Waals surface area contributed by atoms with Crippen molar-refractivity contribution in [1.29, 1.82) is 0 Å². The molecule has 4 heterocycles. The predicted molar refractivity (Wildman–Crippen MR) is 140 cm³/mol. The van der Waals surface area contributed by atoms with Gasteiger partial charge in [0.2, 0.25) is 0 Å². The molecule has 3 N–H and O–H groups in total. The molecule has 2 fully saturated rings. The first kappa shape index (κ1) is 29.4. The van der Waals surface area contributed by atoms with Gasteiger partial charge in [-0.15, -0.1) is 16.9 Å². The molecule has 2 aromatic heterocycles. The first-order valence-corrected chi connectivity index (χ1v) is 14.7. The maximum atomic E-state index is 13.9. The zero-order chi connectivity index (χ0) is 28.6. The monoisotopic (exact) mass is 602 g/mol. The molecule has 0 amide bonds. The highest BCUT2D eigenvalue weighted by molar-refractivity contribution is 8.00. The van der Waals surface area contributed by atoms with E-state index in [0.29, 0.717) is 18.5 Å². The Morgan fingerprint density at radius 2 is 1.95 bits per heavy atom. The molecule has 2 saturated heterocycles. The van der Waals surface area contributed by atoms with Gasteiger partial charge in [0.15, 0.2) is 17.5 Å². The second-order valence-corrected chi connectivity index (χ2v) is 12.3. The van der Waals surface area contributed by atoms with E-state index in [9.17, 15) is 28.5 Å². The van der Waals surface area contributed by atoms with Crippen molar-refractivity contribution in [2.45, 2.75) is 60.4 Å². The van der Waals surface area contributed by atoms with Crippen LogP contribution in [0.4, 0.5) is 13.2 Å². The standard InChI is InChI=1S/C25H29F3N4O6S2/c1-12-11-37-30-19(12)23(25(35)3-5-39-6-4-25)40-24-22(36-2)20(21(34)17(10-33)38-24)32-9-16(29-31-32)13-7-14(26)18(28)15(27)8-13/h7-9,11,17,20-24,33-35H,3-6,10H2,1-2H3/t17-,20+,21+,22-,23?,24+/m1/s1. The van der Waals surface area contributed by atoms with E-state index in [1.165, 1.54) is 36.0 Å². The number of ether oxygens (including phenoxy) is 2. The molecule has 40 heavy (non-hydrogen) atoms. The van der Waals surface area contributed by atoms with Gasteiger partial charge in [0.25, 0.3) is 0 Å². The highest BCUT2D eigenvalue weighted by atomic mass is 32.2. The number of hydrogen-bond acceptors (Lipinski definition) is 11. The Kier molecular flexibility index (Phi) is 8.80. The maximum Gasteiger partial charge on any atom is 0.194 e. The summed E-state index contributed by atoms with van der Waals surface area (Å²) in [6, 6.07) is 0.634. The third kappa shape index (κ3) is 5.52. The van der Waals surface area contributed by atoms with Gasteiger partial charge in [-0.3, -0.25) is 0 Å². The molecular formula is C25H29F3N4O6S2. The smallest absolute Gasteiger partial charge is 0.194 e. The number of rotatable bonds is 8. The van der Waals surface area contributed by atoms with Crippen LogP contribution in [0.15, 0.2) is 29.1 Å². The van der Waals surface area contributed by atoms with E-state index >= 15 is 0 Å². The lowest BCUT2D eigenvalue weighted by Crippen LogP contribution is -2.56. The van der Waals surface area contributed by atoms with E-state index < -0.39 is 64.7 Å². The number of nitrogens with zero attached hydrogens (tertiary/aromatic N) is 4. The second kappa shape index (κ2) is 12.0. The van der Waals surface area contributed by atoms with Crippen LogP contribution >= 0.6 is 23.5 Å². The number of thioether (sulfide) groups is 2. The van der Waals surface area contributed by atoms with Crippen LogP contribution in [0, 0.1) is 24.4 Å². The lowest BCUT2D eigenvalue weighted by Gasteiger charge is -2.46. The van der Waals surface area contributed by atoms with Crippen molar-refractivity contribution in [3.8, 4) is 11.3 Å². The van der Waals surface area contributed by atoms with Crippen LogP contribution in [-0.4, -0.2) is 90.0 Å². The number of aromatic nitrogens is 4. The molecule has 0 aliphatic carbocycles. The molecule has 0 spiro atoms. The summed E-state index contributed by atoms with van der Waals surface area (Å²) >= 11 is 3.00. The van der Waals surface area contributed by atoms with E-state index in [0.717, 1.165) is 29.2 Å². The zero-order valence-corrected chi connectivity index (χ0v) is 23.2. The summed E-state index contributed by atoms with van der Waals surface area (Å²) in [5.41, 5.74) is -0.670. The zero-order valence-electron chi connectivity index (χ0n) is 21.6. The molecule has 1 unspecified atom stereocenters. The Labute approximate surface area is 236 Å². The van der Waals surface area contributed by atoms with E-state index in [-0.39, 0.29) is 11.3 Å². The maximum absolute atomic E-state index is 13.9. The molecule has 218 valence electrons. The normalized spacial score (nSPS) is 27.6. The van der Waals surface area contributed by atoms with Crippen LogP contribution in [0.2, 0.25) is 0 Å². The van der Waals surface area contributed by atoms with Gasteiger partial charge in [-0.05, 0) is 43.4 Å². The average Bonchev–Trinajstić information content (AvgIpc) is 3.60. The van der Waals surface area contributed by atoms with Crippen molar-refractivity contribution in [2.24, 2.45) is 0 Å². The minimum Gasteiger partial charge on any atom is -0.394 e. The third-order valence-corrected chi connectivity index (χ3v) is 9.91. The molecular weight excluding hydrogens is 573 g/mol. The summed E-state index contributed by atoms with van der Waals surface area (Å²) in [6.07, 6.45) is 0.619. The minimum absolute atomic E-state index is 0.0289. The molecule has 10 nitrogen and oxygen atoms in total. The van der Waals surface area contributed by atoms with Gasteiger partial charge in [0.05, 0.1) is 23.7 Å². The predicted octanol–water partition coefficient (Wildman–Crippen LogP) is 3.03. The van der Waals surface area contributed by atoms with E-state index in [2.05, 4.69) is 15.5 Å². The Bertz CT molecular complexity index is 1300. The number of hydrogen-bond donors (Lipinski definition) is 3. The molecule has 5 rings (SSSR count). The van der Waals surface area contributed by atoms with Crippen molar-refractivity contribution < 1.29 is 42.5 Å². The summed E-state index contributed by atoms with van der Waals surface area (Å²) in [4.78, 5) is 0. The molecule has 2 aliphatic rings. The van der Waals surface area contributed by atoms with Gasteiger partial charge in [-0.1, -0.05) is 10.4 Å². The van der Waals surface area contributed by atoms with Crippen LogP contribution in [0.3, 0.4) is 0 Å². The molecule has 6 atom stereocenters. The summed E-state index contributed by atoms with van der Waals surface area (Å²) in [5, 5.41) is 44.6.